The molecule has 0 aliphatic rings. The Morgan fingerprint density at radius 1 is 1.35 bits per heavy atom. The Hall–Kier alpha value is -2.10. The zero-order valence-electron chi connectivity index (χ0n) is 11.9. The molecule has 0 fully saturated rings. The fraction of sp³-hybridized carbons (Fsp3) is 0.375. The number of benzene rings is 1. The average Bonchev–Trinajstić information content (AvgIpc) is 2.83. The molecular formula is C16H20N2O2. The second-order valence-corrected chi connectivity index (χ2v) is 5.20. The van der Waals surface area contributed by atoms with Crippen molar-refractivity contribution in [2.75, 3.05) is 6.54 Å². The van der Waals surface area contributed by atoms with Crippen LogP contribution in [0.15, 0.2) is 40.9 Å². The van der Waals surface area contributed by atoms with Gasteiger partial charge in [0.25, 0.3) is 0 Å². The summed E-state index contributed by atoms with van der Waals surface area (Å²) in [5, 5.41) is 6.75. The summed E-state index contributed by atoms with van der Waals surface area (Å²) in [5.74, 6) is 1.11. The lowest BCUT2D eigenvalue weighted by atomic mass is 10.0. The van der Waals surface area contributed by atoms with E-state index in [1.54, 1.807) is 6.07 Å². The third-order valence-electron chi connectivity index (χ3n) is 3.09. The maximum atomic E-state index is 11.8. The van der Waals surface area contributed by atoms with Crippen molar-refractivity contribution >= 4 is 5.91 Å². The number of nitrogens with zero attached hydrogens (tertiary/aromatic N) is 1. The third-order valence-corrected chi connectivity index (χ3v) is 3.09. The van der Waals surface area contributed by atoms with Crippen LogP contribution >= 0.6 is 0 Å². The van der Waals surface area contributed by atoms with Gasteiger partial charge in [-0.2, -0.15) is 0 Å². The van der Waals surface area contributed by atoms with Crippen molar-refractivity contribution in [2.45, 2.75) is 26.7 Å². The number of hydrogen-bond acceptors (Lipinski definition) is 3. The number of amides is 1. The van der Waals surface area contributed by atoms with Crippen LogP contribution in [-0.4, -0.2) is 17.6 Å². The molecule has 1 unspecified atom stereocenters. The predicted molar refractivity (Wildman–Crippen MR) is 77.3 cm³/mol. The molecule has 0 aliphatic heterocycles. The van der Waals surface area contributed by atoms with Gasteiger partial charge in [-0.25, -0.2) is 0 Å². The highest BCUT2D eigenvalue weighted by Gasteiger charge is 2.09. The van der Waals surface area contributed by atoms with Crippen LogP contribution in [0, 0.1) is 12.8 Å². The molecule has 1 N–H and O–H groups in total. The van der Waals surface area contributed by atoms with Gasteiger partial charge in [-0.05, 0) is 24.8 Å². The van der Waals surface area contributed by atoms with Crippen LogP contribution in [0.2, 0.25) is 0 Å². The number of carbonyl (C=O) groups is 1. The summed E-state index contributed by atoms with van der Waals surface area (Å²) >= 11 is 0. The van der Waals surface area contributed by atoms with Crippen LogP contribution in [0.5, 0.6) is 0 Å². The summed E-state index contributed by atoms with van der Waals surface area (Å²) in [6, 6.07) is 12.1. The molecule has 1 aromatic heterocycles. The van der Waals surface area contributed by atoms with Gasteiger partial charge in [-0.15, -0.1) is 0 Å². The summed E-state index contributed by atoms with van der Waals surface area (Å²) in [6.45, 7) is 4.62. The molecule has 0 bridgehead atoms. The molecule has 0 aliphatic carbocycles. The molecule has 4 heteroatoms. The third kappa shape index (κ3) is 4.53. The lowest BCUT2D eigenvalue weighted by molar-refractivity contribution is -0.120. The highest BCUT2D eigenvalue weighted by atomic mass is 16.5. The summed E-state index contributed by atoms with van der Waals surface area (Å²) in [7, 11) is 0. The molecule has 20 heavy (non-hydrogen) atoms. The minimum absolute atomic E-state index is 0.0155. The fourth-order valence-electron chi connectivity index (χ4n) is 2.10. The van der Waals surface area contributed by atoms with Crippen molar-refractivity contribution in [3.63, 3.8) is 0 Å². The molecule has 2 aromatic rings. The van der Waals surface area contributed by atoms with E-state index < -0.39 is 0 Å². The van der Waals surface area contributed by atoms with Gasteiger partial charge in [0.15, 0.2) is 0 Å². The molecule has 2 rings (SSSR count). The van der Waals surface area contributed by atoms with Gasteiger partial charge in [-0.1, -0.05) is 42.4 Å². The first kappa shape index (κ1) is 14.3. The molecule has 0 saturated heterocycles. The van der Waals surface area contributed by atoms with Gasteiger partial charge in [-0.3, -0.25) is 4.79 Å². The van der Waals surface area contributed by atoms with E-state index in [9.17, 15) is 4.79 Å². The topological polar surface area (TPSA) is 55.1 Å². The van der Waals surface area contributed by atoms with Crippen LogP contribution in [0.3, 0.4) is 0 Å². The van der Waals surface area contributed by atoms with E-state index in [-0.39, 0.29) is 12.3 Å². The highest BCUT2D eigenvalue weighted by Crippen LogP contribution is 2.07. The monoisotopic (exact) mass is 272 g/mol. The molecule has 0 spiro atoms. The van der Waals surface area contributed by atoms with Crippen molar-refractivity contribution in [1.29, 1.82) is 0 Å². The van der Waals surface area contributed by atoms with Gasteiger partial charge < -0.3 is 9.84 Å². The first-order valence-electron chi connectivity index (χ1n) is 6.86. The van der Waals surface area contributed by atoms with Gasteiger partial charge in [0.2, 0.25) is 5.91 Å². The van der Waals surface area contributed by atoms with Gasteiger partial charge >= 0.3 is 0 Å². The van der Waals surface area contributed by atoms with E-state index >= 15 is 0 Å². The molecule has 1 amide bonds. The van der Waals surface area contributed by atoms with E-state index in [0.29, 0.717) is 18.2 Å². The molecule has 1 heterocycles. The Morgan fingerprint density at radius 3 is 2.75 bits per heavy atom. The van der Waals surface area contributed by atoms with Crippen LogP contribution in [-0.2, 0) is 17.6 Å². The van der Waals surface area contributed by atoms with Crippen LogP contribution in [0.1, 0.15) is 23.9 Å². The first-order chi connectivity index (χ1) is 9.63. The van der Waals surface area contributed by atoms with Gasteiger partial charge in [0.05, 0.1) is 12.1 Å². The predicted octanol–water partition coefficient (Wildman–Crippen LogP) is 2.52. The number of hydrogen-bond donors (Lipinski definition) is 1. The summed E-state index contributed by atoms with van der Waals surface area (Å²) in [5.41, 5.74) is 1.97. The van der Waals surface area contributed by atoms with Crippen LogP contribution < -0.4 is 5.32 Å². The minimum atomic E-state index is -0.0155. The zero-order chi connectivity index (χ0) is 14.4. The normalized spacial score (nSPS) is 12.1. The number of aromatic nitrogens is 1. The molecule has 0 saturated carbocycles. The largest absolute Gasteiger partial charge is 0.361 e. The van der Waals surface area contributed by atoms with E-state index in [0.717, 1.165) is 12.2 Å². The van der Waals surface area contributed by atoms with Gasteiger partial charge in [0, 0.05) is 12.6 Å². The Labute approximate surface area is 119 Å². The fourth-order valence-corrected chi connectivity index (χ4v) is 2.10. The Balaban J connectivity index is 1.73. The zero-order valence-corrected chi connectivity index (χ0v) is 11.9. The lowest BCUT2D eigenvalue weighted by Gasteiger charge is -2.12. The molecule has 1 atom stereocenters. The number of rotatable bonds is 6. The van der Waals surface area contributed by atoms with Crippen molar-refractivity contribution in [3.05, 3.63) is 53.4 Å². The Morgan fingerprint density at radius 2 is 2.10 bits per heavy atom. The van der Waals surface area contributed by atoms with E-state index in [2.05, 4.69) is 29.5 Å². The van der Waals surface area contributed by atoms with Crippen molar-refractivity contribution in [3.8, 4) is 0 Å². The summed E-state index contributed by atoms with van der Waals surface area (Å²) in [6.07, 6.45) is 1.24. The maximum absolute atomic E-state index is 11.8. The summed E-state index contributed by atoms with van der Waals surface area (Å²) < 4.78 is 4.94. The molecule has 0 radical (unpaired) electrons. The standard InChI is InChI=1S/C16H20N2O2/c1-12(8-14-6-4-3-5-7-14)11-17-16(19)10-15-9-13(2)20-18-15/h3-7,9,12H,8,10-11H2,1-2H3,(H,17,19). The number of carbonyl (C=O) groups excluding carboxylic acids is 1. The highest BCUT2D eigenvalue weighted by molar-refractivity contribution is 5.78. The Kier molecular flexibility index (Phi) is 4.93. The second kappa shape index (κ2) is 6.89. The summed E-state index contributed by atoms with van der Waals surface area (Å²) in [4.78, 5) is 11.8. The first-order valence-corrected chi connectivity index (χ1v) is 6.86. The molecule has 1 aromatic carbocycles. The molecular weight excluding hydrogens is 252 g/mol. The Bertz CT molecular complexity index is 549. The SMILES string of the molecule is Cc1cc(CC(=O)NCC(C)Cc2ccccc2)no1. The van der Waals surface area contributed by atoms with Crippen molar-refractivity contribution in [1.82, 2.24) is 10.5 Å². The van der Waals surface area contributed by atoms with E-state index in [4.69, 9.17) is 4.52 Å². The van der Waals surface area contributed by atoms with Crippen LogP contribution in [0.4, 0.5) is 0 Å². The average molecular weight is 272 g/mol. The quantitative estimate of drug-likeness (QED) is 0.879. The number of aryl methyl sites for hydroxylation is 1. The van der Waals surface area contributed by atoms with E-state index in [1.807, 2.05) is 25.1 Å². The smallest absolute Gasteiger partial charge is 0.226 e. The molecule has 4 nitrogen and oxygen atoms in total. The minimum Gasteiger partial charge on any atom is -0.361 e. The van der Waals surface area contributed by atoms with E-state index in [1.165, 1.54) is 5.56 Å². The van der Waals surface area contributed by atoms with Crippen molar-refractivity contribution < 1.29 is 9.32 Å². The lowest BCUT2D eigenvalue weighted by Crippen LogP contribution is -2.30. The number of nitrogens with one attached hydrogen (secondary N) is 1. The van der Waals surface area contributed by atoms with Crippen LogP contribution in [0.25, 0.3) is 0 Å². The van der Waals surface area contributed by atoms with Crippen molar-refractivity contribution in [2.24, 2.45) is 5.92 Å². The maximum Gasteiger partial charge on any atom is 0.226 e. The second-order valence-electron chi connectivity index (χ2n) is 5.20. The van der Waals surface area contributed by atoms with Gasteiger partial charge in [0.1, 0.15) is 5.76 Å². The molecule has 106 valence electrons.